The van der Waals surface area contributed by atoms with E-state index >= 15 is 0 Å². The molecule has 7 heteroatoms. The molecule has 0 rings (SSSR count). The van der Waals surface area contributed by atoms with Gasteiger partial charge in [-0.2, -0.15) is 0 Å². The lowest BCUT2D eigenvalue weighted by molar-refractivity contribution is 0.190. The minimum atomic E-state index is -3.09. The Morgan fingerprint density at radius 2 is 1.37 bits per heavy atom. The Hall–Kier alpha value is 0.690. The highest BCUT2D eigenvalue weighted by Gasteiger charge is 2.40. The first-order chi connectivity index (χ1) is 8.84. The summed E-state index contributed by atoms with van der Waals surface area (Å²) in [4.78, 5) is 0. The van der Waals surface area contributed by atoms with E-state index in [9.17, 15) is 4.57 Å². The fraction of sp³-hybridized carbons (Fsp3) is 1.00. The van der Waals surface area contributed by atoms with Crippen molar-refractivity contribution in [2.75, 3.05) is 31.5 Å². The van der Waals surface area contributed by atoms with Crippen molar-refractivity contribution in [1.29, 1.82) is 0 Å². The third-order valence-corrected chi connectivity index (χ3v) is 6.32. The second kappa shape index (κ2) is 9.59. The van der Waals surface area contributed by atoms with Crippen LogP contribution in [0.2, 0.25) is 0 Å². The van der Waals surface area contributed by atoms with Crippen LogP contribution in [-0.4, -0.2) is 52.9 Å². The van der Waals surface area contributed by atoms with E-state index in [1.165, 1.54) is 0 Å². The van der Waals surface area contributed by atoms with Gasteiger partial charge >= 0.3 is 7.67 Å². The SMILES string of the molecule is CCOP(=O)(N(CCCl)C(C)C)N(CCCl)C(C)C. The molecule has 0 aromatic carbocycles. The molecular weight excluding hydrogens is 306 g/mol. The van der Waals surface area contributed by atoms with Gasteiger partial charge in [-0.05, 0) is 34.6 Å². The zero-order valence-electron chi connectivity index (χ0n) is 12.6. The molecule has 0 aliphatic heterocycles. The number of hydrogen-bond donors (Lipinski definition) is 0. The van der Waals surface area contributed by atoms with Crippen molar-refractivity contribution in [1.82, 2.24) is 9.34 Å². The molecule has 0 unspecified atom stereocenters. The summed E-state index contributed by atoms with van der Waals surface area (Å²) in [5.41, 5.74) is 0. The number of alkyl halides is 2. The van der Waals surface area contributed by atoms with Crippen molar-refractivity contribution in [3.63, 3.8) is 0 Å². The molecule has 0 radical (unpaired) electrons. The molecule has 0 N–H and O–H groups in total. The first kappa shape index (κ1) is 19.7. The molecular formula is C12H27Cl2N2O2P. The van der Waals surface area contributed by atoms with Crippen molar-refractivity contribution >= 4 is 30.9 Å². The van der Waals surface area contributed by atoms with Crippen LogP contribution in [0.25, 0.3) is 0 Å². The van der Waals surface area contributed by atoms with E-state index in [-0.39, 0.29) is 12.1 Å². The Labute approximate surface area is 127 Å². The van der Waals surface area contributed by atoms with Gasteiger partial charge in [0.2, 0.25) is 0 Å². The minimum Gasteiger partial charge on any atom is -0.306 e. The largest absolute Gasteiger partial charge is 0.346 e. The second-order valence-electron chi connectivity index (χ2n) is 4.80. The zero-order valence-corrected chi connectivity index (χ0v) is 15.0. The van der Waals surface area contributed by atoms with E-state index in [2.05, 4.69) is 0 Å². The van der Waals surface area contributed by atoms with Gasteiger partial charge in [0.1, 0.15) is 0 Å². The summed E-state index contributed by atoms with van der Waals surface area (Å²) in [6, 6.07) is 0.181. The molecule has 0 fully saturated rings. The zero-order chi connectivity index (χ0) is 15.1. The van der Waals surface area contributed by atoms with Crippen LogP contribution in [0.5, 0.6) is 0 Å². The van der Waals surface area contributed by atoms with Crippen LogP contribution in [0, 0.1) is 0 Å². The van der Waals surface area contributed by atoms with Gasteiger partial charge in [-0.3, -0.25) is 4.57 Å². The fourth-order valence-electron chi connectivity index (χ4n) is 1.99. The third-order valence-electron chi connectivity index (χ3n) is 2.77. The standard InChI is InChI=1S/C12H27Cl2N2O2P/c1-6-18-19(17,15(9-7-13)11(2)3)16(10-8-14)12(4)5/h11-12H,6-10H2,1-5H3. The van der Waals surface area contributed by atoms with Crippen LogP contribution in [0.15, 0.2) is 0 Å². The molecule has 116 valence electrons. The summed E-state index contributed by atoms with van der Waals surface area (Å²) in [5.74, 6) is 0.837. The molecule has 0 amide bonds. The Bertz CT molecular complexity index is 269. The molecule has 0 aliphatic rings. The highest BCUT2D eigenvalue weighted by Crippen LogP contribution is 2.56. The number of hydrogen-bond acceptors (Lipinski definition) is 2. The van der Waals surface area contributed by atoms with Crippen molar-refractivity contribution < 1.29 is 9.09 Å². The van der Waals surface area contributed by atoms with Gasteiger partial charge in [-0.1, -0.05) is 0 Å². The Kier molecular flexibility index (Phi) is 9.94. The molecule has 0 heterocycles. The first-order valence-electron chi connectivity index (χ1n) is 6.75. The summed E-state index contributed by atoms with van der Waals surface area (Å²) < 4.78 is 22.8. The lowest BCUT2D eigenvalue weighted by atomic mass is 10.4. The van der Waals surface area contributed by atoms with Gasteiger partial charge in [-0.25, -0.2) is 9.34 Å². The number of nitrogens with zero attached hydrogens (tertiary/aromatic N) is 2. The predicted molar refractivity (Wildman–Crippen MR) is 84.4 cm³/mol. The maximum Gasteiger partial charge on any atom is 0.346 e. The third kappa shape index (κ3) is 5.53. The van der Waals surface area contributed by atoms with Gasteiger partial charge in [0.15, 0.2) is 0 Å². The number of rotatable bonds is 10. The lowest BCUT2D eigenvalue weighted by Gasteiger charge is -2.41. The maximum atomic E-state index is 13.4. The van der Waals surface area contributed by atoms with Gasteiger partial charge in [0, 0.05) is 36.9 Å². The van der Waals surface area contributed by atoms with Crippen molar-refractivity contribution in [2.24, 2.45) is 0 Å². The molecule has 19 heavy (non-hydrogen) atoms. The molecule has 0 aromatic heterocycles. The first-order valence-corrected chi connectivity index (χ1v) is 9.35. The summed E-state index contributed by atoms with van der Waals surface area (Å²) in [6.07, 6.45) is 0. The van der Waals surface area contributed by atoms with E-state index in [1.807, 2.05) is 44.0 Å². The second-order valence-corrected chi connectivity index (χ2v) is 7.82. The fourth-order valence-corrected chi connectivity index (χ4v) is 5.39. The van der Waals surface area contributed by atoms with Crippen LogP contribution in [0.3, 0.4) is 0 Å². The van der Waals surface area contributed by atoms with Crippen LogP contribution >= 0.6 is 30.9 Å². The average Bonchev–Trinajstić information content (AvgIpc) is 2.32. The maximum absolute atomic E-state index is 13.4. The molecule has 0 bridgehead atoms. The van der Waals surface area contributed by atoms with E-state index in [0.29, 0.717) is 31.5 Å². The molecule has 0 aliphatic carbocycles. The predicted octanol–water partition coefficient (Wildman–Crippen LogP) is 4.03. The van der Waals surface area contributed by atoms with Gasteiger partial charge in [0.05, 0.1) is 6.61 Å². The Morgan fingerprint density at radius 3 is 1.58 bits per heavy atom. The summed E-state index contributed by atoms with van der Waals surface area (Å²) in [7, 11) is -3.09. The molecule has 0 aromatic rings. The minimum absolute atomic E-state index is 0.0905. The van der Waals surface area contributed by atoms with Crippen molar-refractivity contribution in [3.8, 4) is 0 Å². The quantitative estimate of drug-likeness (QED) is 0.446. The van der Waals surface area contributed by atoms with Crippen LogP contribution < -0.4 is 0 Å². The highest BCUT2D eigenvalue weighted by atomic mass is 35.5. The van der Waals surface area contributed by atoms with Crippen molar-refractivity contribution in [2.45, 2.75) is 46.7 Å². The summed E-state index contributed by atoms with van der Waals surface area (Å²) in [5, 5.41) is 0. The Morgan fingerprint density at radius 1 is 1.00 bits per heavy atom. The highest BCUT2D eigenvalue weighted by molar-refractivity contribution is 7.54. The van der Waals surface area contributed by atoms with Gasteiger partial charge < -0.3 is 4.52 Å². The van der Waals surface area contributed by atoms with E-state index < -0.39 is 7.67 Å². The average molecular weight is 333 g/mol. The van der Waals surface area contributed by atoms with Crippen LogP contribution in [-0.2, 0) is 9.09 Å². The van der Waals surface area contributed by atoms with E-state index in [4.69, 9.17) is 27.7 Å². The monoisotopic (exact) mass is 332 g/mol. The smallest absolute Gasteiger partial charge is 0.306 e. The van der Waals surface area contributed by atoms with Gasteiger partial charge in [0.25, 0.3) is 0 Å². The molecule has 0 saturated carbocycles. The van der Waals surface area contributed by atoms with E-state index in [0.717, 1.165) is 0 Å². The van der Waals surface area contributed by atoms with Crippen LogP contribution in [0.4, 0.5) is 0 Å². The normalized spacial score (nSPS) is 13.2. The van der Waals surface area contributed by atoms with E-state index in [1.54, 1.807) is 0 Å². The topological polar surface area (TPSA) is 32.8 Å². The van der Waals surface area contributed by atoms with Gasteiger partial charge in [-0.15, -0.1) is 23.2 Å². The van der Waals surface area contributed by atoms with Crippen molar-refractivity contribution in [3.05, 3.63) is 0 Å². The molecule has 0 atom stereocenters. The molecule has 0 saturated heterocycles. The molecule has 4 nitrogen and oxygen atoms in total. The Balaban J connectivity index is 5.43. The summed E-state index contributed by atoms with van der Waals surface area (Å²) >= 11 is 11.7. The molecule has 0 spiro atoms. The lowest BCUT2D eigenvalue weighted by Crippen LogP contribution is -2.41. The summed E-state index contributed by atoms with van der Waals surface area (Å²) in [6.45, 7) is 11.3. The number of halogens is 2. The van der Waals surface area contributed by atoms with Crippen LogP contribution in [0.1, 0.15) is 34.6 Å².